The normalized spacial score (nSPS) is 23.9. The van der Waals surface area contributed by atoms with Gasteiger partial charge >= 0.3 is 6.18 Å². The van der Waals surface area contributed by atoms with Crippen LogP contribution in [0, 0.1) is 16.7 Å². The van der Waals surface area contributed by atoms with E-state index < -0.39 is 23.1 Å². The average Bonchev–Trinajstić information content (AvgIpc) is 3.18. The molecule has 2 saturated carbocycles. The van der Waals surface area contributed by atoms with Crippen LogP contribution in [0.1, 0.15) is 80.0 Å². The Morgan fingerprint density at radius 1 is 1.26 bits per heavy atom. The number of nitrogens with one attached hydrogen (secondary N) is 3. The molecular formula is C29H36F3N5O. The summed E-state index contributed by atoms with van der Waals surface area (Å²) in [6, 6.07) is 10.1. The van der Waals surface area contributed by atoms with Gasteiger partial charge in [-0.15, -0.1) is 0 Å². The van der Waals surface area contributed by atoms with E-state index in [9.17, 15) is 18.0 Å². The second-order valence-corrected chi connectivity index (χ2v) is 11.6. The van der Waals surface area contributed by atoms with Gasteiger partial charge in [0.05, 0.1) is 23.9 Å². The molecule has 6 nitrogen and oxygen atoms in total. The number of halogens is 3. The van der Waals surface area contributed by atoms with E-state index in [0.29, 0.717) is 23.0 Å². The number of benzene rings is 2. The number of carbonyl (C=O) groups is 1. The minimum Gasteiger partial charge on any atom is -0.324 e. The van der Waals surface area contributed by atoms with E-state index in [1.807, 2.05) is 12.1 Å². The Morgan fingerprint density at radius 2 is 1.97 bits per heavy atom. The molecular weight excluding hydrogens is 491 g/mol. The predicted octanol–water partition coefficient (Wildman–Crippen LogP) is 6.33. The van der Waals surface area contributed by atoms with Crippen molar-refractivity contribution in [2.24, 2.45) is 5.92 Å². The van der Waals surface area contributed by atoms with E-state index in [0.717, 1.165) is 44.0 Å². The van der Waals surface area contributed by atoms with Crippen LogP contribution in [-0.4, -0.2) is 35.6 Å². The predicted molar refractivity (Wildman–Crippen MR) is 144 cm³/mol. The molecule has 3 N–H and O–H groups in total. The lowest BCUT2D eigenvalue weighted by molar-refractivity contribution is -0.138. The Labute approximate surface area is 222 Å². The summed E-state index contributed by atoms with van der Waals surface area (Å²) < 4.78 is 42.4. The Balaban J connectivity index is 0.00000353. The highest BCUT2D eigenvalue weighted by molar-refractivity contribution is 6.10. The van der Waals surface area contributed by atoms with Crippen molar-refractivity contribution in [1.82, 2.24) is 10.2 Å². The Hall–Kier alpha value is -3.20. The molecule has 2 fully saturated rings. The van der Waals surface area contributed by atoms with E-state index in [2.05, 4.69) is 19.2 Å². The fourth-order valence-electron chi connectivity index (χ4n) is 6.30. The third-order valence-electron chi connectivity index (χ3n) is 8.69. The highest BCUT2D eigenvalue weighted by atomic mass is 19.4. The number of rotatable bonds is 7. The van der Waals surface area contributed by atoms with Crippen LogP contribution in [0.5, 0.6) is 0 Å². The number of amidine groups is 1. The molecule has 1 heterocycles. The van der Waals surface area contributed by atoms with Crippen molar-refractivity contribution >= 4 is 23.8 Å². The molecule has 0 spiro atoms. The molecule has 0 bridgehead atoms. The molecule has 0 unspecified atom stereocenters. The Bertz CT molecular complexity index is 1300. The van der Waals surface area contributed by atoms with Crippen LogP contribution in [0.3, 0.4) is 0 Å². The summed E-state index contributed by atoms with van der Waals surface area (Å²) in [7, 11) is 1.67. The molecule has 1 amide bonds. The van der Waals surface area contributed by atoms with Gasteiger partial charge in [0.2, 0.25) is 0 Å². The van der Waals surface area contributed by atoms with Gasteiger partial charge in [0.15, 0.2) is 0 Å². The summed E-state index contributed by atoms with van der Waals surface area (Å²) >= 11 is 0. The van der Waals surface area contributed by atoms with Gasteiger partial charge in [-0.3, -0.25) is 15.6 Å². The first-order valence-corrected chi connectivity index (χ1v) is 13.1. The molecule has 38 heavy (non-hydrogen) atoms. The van der Waals surface area contributed by atoms with Gasteiger partial charge < -0.3 is 15.1 Å². The van der Waals surface area contributed by atoms with Crippen molar-refractivity contribution in [2.45, 2.75) is 76.2 Å². The molecule has 9 heteroatoms. The first-order valence-electron chi connectivity index (χ1n) is 13.1. The number of likely N-dealkylation sites (N-methyl/N-ethyl adjacent to an activating group) is 1. The van der Waals surface area contributed by atoms with Crippen LogP contribution in [-0.2, 0) is 24.7 Å². The highest BCUT2D eigenvalue weighted by Gasteiger charge is 2.49. The van der Waals surface area contributed by atoms with Crippen molar-refractivity contribution in [3.63, 3.8) is 0 Å². The smallest absolute Gasteiger partial charge is 0.324 e. The molecule has 2 aromatic rings. The summed E-state index contributed by atoms with van der Waals surface area (Å²) in [5.41, 5.74) is 0.509. The standard InChI is InChI=1S/C29H34F3N5O.H2/c1-18-13-28(14-18,26(34)36(3)17-33)20-6-4-7-21(12-20)37-16-23-22(25(37)38)10-19(11-24(23)29(30,31)32)15-35-27(2)8-5-9-27;/h4,6-7,10-12,17-18,33-35H,5,8-9,13-16H2,1-3H3;1H. The summed E-state index contributed by atoms with van der Waals surface area (Å²) in [4.78, 5) is 16.4. The van der Waals surface area contributed by atoms with Gasteiger partial charge in [-0.25, -0.2) is 0 Å². The molecule has 0 radical (unpaired) electrons. The molecule has 0 aromatic heterocycles. The molecule has 2 aromatic carbocycles. The molecule has 2 aliphatic carbocycles. The molecule has 1 aliphatic heterocycles. The lowest BCUT2D eigenvalue weighted by Gasteiger charge is -2.48. The van der Waals surface area contributed by atoms with E-state index in [4.69, 9.17) is 10.8 Å². The molecule has 0 saturated heterocycles. The summed E-state index contributed by atoms with van der Waals surface area (Å²) in [5.74, 6) is 0.261. The van der Waals surface area contributed by atoms with Gasteiger partial charge in [-0.05, 0) is 85.9 Å². The van der Waals surface area contributed by atoms with E-state index in [-0.39, 0.29) is 31.2 Å². The number of carbonyl (C=O) groups excluding carboxylic acids is 1. The van der Waals surface area contributed by atoms with Crippen LogP contribution < -0.4 is 10.2 Å². The zero-order valence-corrected chi connectivity index (χ0v) is 22.0. The fourth-order valence-corrected chi connectivity index (χ4v) is 6.30. The zero-order valence-electron chi connectivity index (χ0n) is 22.0. The van der Waals surface area contributed by atoms with Gasteiger partial charge in [-0.1, -0.05) is 19.1 Å². The topological polar surface area (TPSA) is 83.3 Å². The van der Waals surface area contributed by atoms with Crippen LogP contribution in [0.25, 0.3) is 0 Å². The molecule has 0 atom stereocenters. The number of hydrogen-bond donors (Lipinski definition) is 3. The maximum atomic E-state index is 14.1. The van der Waals surface area contributed by atoms with Crippen molar-refractivity contribution < 1.29 is 19.4 Å². The minimum atomic E-state index is -4.57. The van der Waals surface area contributed by atoms with Crippen molar-refractivity contribution in [1.29, 1.82) is 10.8 Å². The average molecular weight is 528 g/mol. The van der Waals surface area contributed by atoms with Crippen LogP contribution in [0.15, 0.2) is 36.4 Å². The van der Waals surface area contributed by atoms with Crippen LogP contribution in [0.4, 0.5) is 18.9 Å². The third-order valence-corrected chi connectivity index (χ3v) is 8.69. The molecule has 5 rings (SSSR count). The SMILES string of the molecule is CC1CC(C(=N)N(C)C=N)(c2cccc(N3Cc4c(cc(CNC5(C)CCC5)cc4C(F)(F)F)C3=O)c2)C1.[HH]. The van der Waals surface area contributed by atoms with E-state index >= 15 is 0 Å². The lowest BCUT2D eigenvalue weighted by Crippen LogP contribution is -2.52. The second-order valence-electron chi connectivity index (χ2n) is 11.6. The van der Waals surface area contributed by atoms with Crippen LogP contribution in [0.2, 0.25) is 0 Å². The first-order chi connectivity index (χ1) is 17.9. The Kier molecular flexibility index (Phi) is 6.41. The number of amides is 1. The van der Waals surface area contributed by atoms with Crippen molar-refractivity contribution in [3.8, 4) is 0 Å². The van der Waals surface area contributed by atoms with Crippen molar-refractivity contribution in [2.75, 3.05) is 11.9 Å². The maximum absolute atomic E-state index is 14.1. The Morgan fingerprint density at radius 3 is 2.55 bits per heavy atom. The monoisotopic (exact) mass is 527 g/mol. The highest BCUT2D eigenvalue weighted by Crippen LogP contribution is 2.50. The van der Waals surface area contributed by atoms with Crippen LogP contribution >= 0.6 is 0 Å². The quantitative estimate of drug-likeness (QED) is 0.291. The second kappa shape index (κ2) is 9.22. The molecule has 3 aliphatic rings. The number of anilines is 1. The molecule has 204 valence electrons. The third kappa shape index (κ3) is 4.40. The van der Waals surface area contributed by atoms with Crippen molar-refractivity contribution in [3.05, 3.63) is 64.2 Å². The largest absolute Gasteiger partial charge is 0.416 e. The van der Waals surface area contributed by atoms with E-state index in [1.165, 1.54) is 15.9 Å². The number of hydrogen-bond acceptors (Lipinski definition) is 4. The van der Waals surface area contributed by atoms with Gasteiger partial charge in [0, 0.05) is 31.8 Å². The van der Waals surface area contributed by atoms with Gasteiger partial charge in [0.1, 0.15) is 5.84 Å². The fraction of sp³-hybridized carbons (Fsp3) is 0.483. The first kappa shape index (κ1) is 26.4. The number of fused-ring (bicyclic) bond motifs is 1. The summed E-state index contributed by atoms with van der Waals surface area (Å²) in [6.45, 7) is 4.30. The summed E-state index contributed by atoms with van der Waals surface area (Å²) in [5, 5.41) is 19.7. The maximum Gasteiger partial charge on any atom is 0.416 e. The minimum absolute atomic E-state index is 0. The van der Waals surface area contributed by atoms with Gasteiger partial charge in [-0.2, -0.15) is 13.2 Å². The zero-order chi connectivity index (χ0) is 27.5. The van der Waals surface area contributed by atoms with E-state index in [1.54, 1.807) is 25.2 Å². The number of nitrogens with zero attached hydrogens (tertiary/aromatic N) is 2. The lowest BCUT2D eigenvalue weighted by atomic mass is 9.58. The summed E-state index contributed by atoms with van der Waals surface area (Å²) in [6.07, 6.45) is 1.07. The van der Waals surface area contributed by atoms with Gasteiger partial charge in [0.25, 0.3) is 5.91 Å². The number of alkyl halides is 3.